The van der Waals surface area contributed by atoms with Crippen molar-refractivity contribution < 1.29 is 18.7 Å². The fraction of sp³-hybridized carbons (Fsp3) is 0.320. The van der Waals surface area contributed by atoms with Gasteiger partial charge in [0.25, 0.3) is 11.8 Å². The Hall–Kier alpha value is -3.01. The van der Waals surface area contributed by atoms with Gasteiger partial charge in [-0.1, -0.05) is 17.7 Å². The molecule has 7 nitrogen and oxygen atoms in total. The maximum atomic E-state index is 13.5. The van der Waals surface area contributed by atoms with Crippen molar-refractivity contribution in [1.29, 1.82) is 0 Å². The standard InChI is InChI=1S/C25H24ClFN4O3S/c1-34-23-11-17(2-4-19(23)16-3-5-21(27)20(26)10-16)24(32)31-12-18(13-31)29-6-8-30(9-7-29)25(33)22-14-35-15-28-22/h2-5,10-11,14-15,18H,6-9,12-13H2,1H3. The van der Waals surface area contributed by atoms with Gasteiger partial charge in [0.05, 0.1) is 17.6 Å². The van der Waals surface area contributed by atoms with Crippen LogP contribution in [0.25, 0.3) is 11.1 Å². The lowest BCUT2D eigenvalue weighted by Crippen LogP contribution is -2.64. The molecule has 2 fully saturated rings. The zero-order chi connectivity index (χ0) is 24.5. The van der Waals surface area contributed by atoms with Crippen LogP contribution >= 0.6 is 22.9 Å². The van der Waals surface area contributed by atoms with Crippen LogP contribution in [0, 0.1) is 5.82 Å². The highest BCUT2D eigenvalue weighted by atomic mass is 35.5. The molecule has 5 rings (SSSR count). The lowest BCUT2D eigenvalue weighted by Gasteiger charge is -2.48. The van der Waals surface area contributed by atoms with Crippen LogP contribution < -0.4 is 4.74 Å². The number of amides is 2. The van der Waals surface area contributed by atoms with Gasteiger partial charge in [-0.25, -0.2) is 9.37 Å². The summed E-state index contributed by atoms with van der Waals surface area (Å²) in [4.78, 5) is 35.7. The maximum absolute atomic E-state index is 13.5. The second kappa shape index (κ2) is 9.93. The molecule has 1 aromatic heterocycles. The molecule has 0 saturated carbocycles. The quantitative estimate of drug-likeness (QED) is 0.517. The van der Waals surface area contributed by atoms with Crippen LogP contribution in [-0.4, -0.2) is 83.9 Å². The lowest BCUT2D eigenvalue weighted by atomic mass is 10.00. The predicted molar refractivity (Wildman–Crippen MR) is 133 cm³/mol. The zero-order valence-corrected chi connectivity index (χ0v) is 20.7. The summed E-state index contributed by atoms with van der Waals surface area (Å²) in [7, 11) is 1.54. The Morgan fingerprint density at radius 1 is 1.06 bits per heavy atom. The number of aromatic nitrogens is 1. The number of rotatable bonds is 5. The van der Waals surface area contributed by atoms with E-state index in [0.717, 1.165) is 18.7 Å². The van der Waals surface area contributed by atoms with Gasteiger partial charge in [0.2, 0.25) is 0 Å². The van der Waals surface area contributed by atoms with Crippen LogP contribution in [0.1, 0.15) is 20.8 Å². The Bertz CT molecular complexity index is 1240. The van der Waals surface area contributed by atoms with Crippen LogP contribution in [0.3, 0.4) is 0 Å². The van der Waals surface area contributed by atoms with Gasteiger partial charge in [0.1, 0.15) is 17.3 Å². The van der Waals surface area contributed by atoms with E-state index in [-0.39, 0.29) is 22.9 Å². The minimum Gasteiger partial charge on any atom is -0.496 e. The highest BCUT2D eigenvalue weighted by molar-refractivity contribution is 7.07. The lowest BCUT2D eigenvalue weighted by molar-refractivity contribution is 0.00842. The predicted octanol–water partition coefficient (Wildman–Crippen LogP) is 3.89. The number of hydrogen-bond donors (Lipinski definition) is 0. The van der Waals surface area contributed by atoms with Crippen molar-refractivity contribution in [2.24, 2.45) is 0 Å². The Balaban J connectivity index is 1.18. The molecule has 0 spiro atoms. The van der Waals surface area contributed by atoms with Crippen LogP contribution in [0.15, 0.2) is 47.3 Å². The summed E-state index contributed by atoms with van der Waals surface area (Å²) in [5.74, 6) is -0.0327. The number of thiazole rings is 1. The topological polar surface area (TPSA) is 66.0 Å². The van der Waals surface area contributed by atoms with Gasteiger partial charge in [0, 0.05) is 61.8 Å². The van der Waals surface area contributed by atoms with E-state index in [2.05, 4.69) is 9.88 Å². The van der Waals surface area contributed by atoms with Gasteiger partial charge in [-0.05, 0) is 35.9 Å². The molecular weight excluding hydrogens is 491 g/mol. The van der Waals surface area contributed by atoms with E-state index >= 15 is 0 Å². The van der Waals surface area contributed by atoms with Crippen molar-refractivity contribution in [1.82, 2.24) is 19.7 Å². The minimum absolute atomic E-state index is 0.0170. The number of benzene rings is 2. The summed E-state index contributed by atoms with van der Waals surface area (Å²) in [6, 6.07) is 10.0. The fourth-order valence-electron chi connectivity index (χ4n) is 4.53. The maximum Gasteiger partial charge on any atom is 0.273 e. The SMILES string of the molecule is COc1cc(C(=O)N2CC(N3CCN(C(=O)c4cscn4)CC3)C2)ccc1-c1ccc(F)c(Cl)c1. The third kappa shape index (κ3) is 4.76. The second-order valence-electron chi connectivity index (χ2n) is 8.61. The van der Waals surface area contributed by atoms with Gasteiger partial charge < -0.3 is 14.5 Å². The molecule has 2 amide bonds. The molecule has 3 aromatic rings. The number of nitrogens with zero attached hydrogens (tertiary/aromatic N) is 4. The molecule has 0 unspecified atom stereocenters. The van der Waals surface area contributed by atoms with E-state index in [1.54, 1.807) is 41.2 Å². The normalized spacial score (nSPS) is 16.8. The van der Waals surface area contributed by atoms with Crippen LogP contribution in [0.5, 0.6) is 5.75 Å². The summed E-state index contributed by atoms with van der Waals surface area (Å²) in [5, 5.41) is 1.81. The van der Waals surface area contributed by atoms with Crippen LogP contribution in [0.4, 0.5) is 4.39 Å². The number of carbonyl (C=O) groups is 2. The molecule has 2 aliphatic rings. The molecule has 0 N–H and O–H groups in total. The molecule has 2 saturated heterocycles. The number of piperazine rings is 1. The first-order valence-electron chi connectivity index (χ1n) is 11.3. The minimum atomic E-state index is -0.485. The molecule has 0 atom stereocenters. The first-order valence-corrected chi connectivity index (χ1v) is 12.6. The molecule has 2 aromatic carbocycles. The summed E-state index contributed by atoms with van der Waals surface area (Å²) >= 11 is 7.35. The van der Waals surface area contributed by atoms with Crippen molar-refractivity contribution in [3.8, 4) is 16.9 Å². The van der Waals surface area contributed by atoms with Crippen LogP contribution in [-0.2, 0) is 0 Å². The van der Waals surface area contributed by atoms with E-state index in [0.29, 0.717) is 48.7 Å². The second-order valence-corrected chi connectivity index (χ2v) is 9.74. The average molecular weight is 515 g/mol. The molecule has 0 bridgehead atoms. The van der Waals surface area contributed by atoms with Gasteiger partial charge in [0.15, 0.2) is 0 Å². The molecule has 2 aliphatic heterocycles. The van der Waals surface area contributed by atoms with Crippen molar-refractivity contribution in [2.75, 3.05) is 46.4 Å². The number of likely N-dealkylation sites (tertiary alicyclic amines) is 1. The molecule has 182 valence electrons. The number of carbonyl (C=O) groups excluding carboxylic acids is 2. The van der Waals surface area contributed by atoms with Gasteiger partial charge in [-0.2, -0.15) is 0 Å². The summed E-state index contributed by atoms with van der Waals surface area (Å²) in [5.41, 5.74) is 4.16. The summed E-state index contributed by atoms with van der Waals surface area (Å²) in [6.07, 6.45) is 0. The zero-order valence-electron chi connectivity index (χ0n) is 19.1. The van der Waals surface area contributed by atoms with Crippen molar-refractivity contribution in [3.05, 3.63) is 69.4 Å². The third-order valence-electron chi connectivity index (χ3n) is 6.60. The van der Waals surface area contributed by atoms with Gasteiger partial charge in [-0.3, -0.25) is 14.5 Å². The van der Waals surface area contributed by atoms with E-state index in [1.165, 1.54) is 24.5 Å². The van der Waals surface area contributed by atoms with E-state index in [4.69, 9.17) is 16.3 Å². The Morgan fingerprint density at radius 3 is 2.49 bits per heavy atom. The molecular formula is C25H24ClFN4O3S. The number of hydrogen-bond acceptors (Lipinski definition) is 6. The Labute approximate surface area is 211 Å². The highest BCUT2D eigenvalue weighted by Crippen LogP contribution is 2.34. The number of methoxy groups -OCH3 is 1. The molecule has 3 heterocycles. The van der Waals surface area contributed by atoms with Crippen molar-refractivity contribution in [3.63, 3.8) is 0 Å². The van der Waals surface area contributed by atoms with Crippen molar-refractivity contribution >= 4 is 34.8 Å². The molecule has 0 radical (unpaired) electrons. The third-order valence-corrected chi connectivity index (χ3v) is 7.47. The van der Waals surface area contributed by atoms with E-state index in [1.807, 2.05) is 9.80 Å². The van der Waals surface area contributed by atoms with Gasteiger partial charge in [-0.15, -0.1) is 11.3 Å². The molecule has 0 aliphatic carbocycles. The fourth-order valence-corrected chi connectivity index (χ4v) is 5.24. The average Bonchev–Trinajstić information content (AvgIpc) is 3.39. The smallest absolute Gasteiger partial charge is 0.273 e. The van der Waals surface area contributed by atoms with E-state index in [9.17, 15) is 14.0 Å². The van der Waals surface area contributed by atoms with Crippen LogP contribution in [0.2, 0.25) is 5.02 Å². The largest absolute Gasteiger partial charge is 0.496 e. The monoisotopic (exact) mass is 514 g/mol. The highest BCUT2D eigenvalue weighted by Gasteiger charge is 2.37. The summed E-state index contributed by atoms with van der Waals surface area (Å²) in [6.45, 7) is 4.18. The van der Waals surface area contributed by atoms with Gasteiger partial charge >= 0.3 is 0 Å². The first-order chi connectivity index (χ1) is 16.9. The van der Waals surface area contributed by atoms with Crippen molar-refractivity contribution in [2.45, 2.75) is 6.04 Å². The number of ether oxygens (including phenoxy) is 1. The first kappa shape index (κ1) is 23.7. The number of halogens is 2. The Morgan fingerprint density at radius 2 is 1.83 bits per heavy atom. The van der Waals surface area contributed by atoms with E-state index < -0.39 is 5.82 Å². The Kier molecular flexibility index (Phi) is 6.73. The molecule has 10 heteroatoms. The molecule has 35 heavy (non-hydrogen) atoms. The summed E-state index contributed by atoms with van der Waals surface area (Å²) < 4.78 is 19.1.